The third kappa shape index (κ3) is 5.21. The molecule has 0 aliphatic heterocycles. The first-order valence-corrected chi connectivity index (χ1v) is 9.09. The summed E-state index contributed by atoms with van der Waals surface area (Å²) in [5, 5.41) is 15.4. The molecule has 3 N–H and O–H groups in total. The SMILES string of the molecule is O=C(Nc1cccc(COCC2CC2)c1)NC1CCCCC1CO. The predicted octanol–water partition coefficient (Wildman–Crippen LogP) is 3.29. The third-order valence-corrected chi connectivity index (χ3v) is 4.96. The van der Waals surface area contributed by atoms with E-state index < -0.39 is 0 Å². The second kappa shape index (κ2) is 8.49. The number of rotatable bonds is 7. The summed E-state index contributed by atoms with van der Waals surface area (Å²) in [6.45, 7) is 1.56. The fourth-order valence-corrected chi connectivity index (χ4v) is 3.32. The Bertz CT molecular complexity index is 545. The molecule has 2 aliphatic carbocycles. The van der Waals surface area contributed by atoms with E-state index in [9.17, 15) is 9.90 Å². The molecule has 132 valence electrons. The lowest BCUT2D eigenvalue weighted by molar-refractivity contribution is 0.111. The average molecular weight is 332 g/mol. The molecule has 0 aromatic heterocycles. The molecule has 2 atom stereocenters. The van der Waals surface area contributed by atoms with Gasteiger partial charge in [0.1, 0.15) is 0 Å². The number of benzene rings is 1. The summed E-state index contributed by atoms with van der Waals surface area (Å²) in [7, 11) is 0. The smallest absolute Gasteiger partial charge is 0.319 e. The van der Waals surface area contributed by atoms with Crippen LogP contribution in [0.2, 0.25) is 0 Å². The van der Waals surface area contributed by atoms with Gasteiger partial charge in [-0.1, -0.05) is 25.0 Å². The molecule has 1 aromatic rings. The number of nitrogens with one attached hydrogen (secondary N) is 2. The van der Waals surface area contributed by atoms with Crippen LogP contribution in [0.5, 0.6) is 0 Å². The van der Waals surface area contributed by atoms with E-state index >= 15 is 0 Å². The zero-order chi connectivity index (χ0) is 16.8. The summed E-state index contributed by atoms with van der Waals surface area (Å²) in [5.41, 5.74) is 1.84. The molecule has 2 unspecified atom stereocenters. The first-order valence-electron chi connectivity index (χ1n) is 9.09. The molecular weight excluding hydrogens is 304 g/mol. The highest BCUT2D eigenvalue weighted by Crippen LogP contribution is 2.29. The Balaban J connectivity index is 1.47. The van der Waals surface area contributed by atoms with Crippen molar-refractivity contribution in [1.82, 2.24) is 5.32 Å². The number of ether oxygens (including phenoxy) is 1. The van der Waals surface area contributed by atoms with Crippen LogP contribution < -0.4 is 10.6 Å². The van der Waals surface area contributed by atoms with Crippen molar-refractivity contribution in [3.05, 3.63) is 29.8 Å². The quantitative estimate of drug-likeness (QED) is 0.717. The molecule has 24 heavy (non-hydrogen) atoms. The van der Waals surface area contributed by atoms with Crippen LogP contribution in [0.1, 0.15) is 44.1 Å². The average Bonchev–Trinajstić information content (AvgIpc) is 3.40. The number of hydrogen-bond acceptors (Lipinski definition) is 3. The maximum atomic E-state index is 12.2. The Morgan fingerprint density at radius 3 is 2.83 bits per heavy atom. The van der Waals surface area contributed by atoms with E-state index in [2.05, 4.69) is 10.6 Å². The lowest BCUT2D eigenvalue weighted by Gasteiger charge is -2.30. The van der Waals surface area contributed by atoms with Gasteiger partial charge in [0, 0.05) is 30.9 Å². The monoisotopic (exact) mass is 332 g/mol. The van der Waals surface area contributed by atoms with E-state index in [4.69, 9.17) is 4.74 Å². The highest BCUT2D eigenvalue weighted by molar-refractivity contribution is 5.89. The normalized spacial score (nSPS) is 23.7. The lowest BCUT2D eigenvalue weighted by atomic mass is 9.85. The molecule has 0 radical (unpaired) electrons. The maximum Gasteiger partial charge on any atom is 0.319 e. The van der Waals surface area contributed by atoms with Gasteiger partial charge in [0.05, 0.1) is 6.61 Å². The van der Waals surface area contributed by atoms with Crippen molar-refractivity contribution in [1.29, 1.82) is 0 Å². The Hall–Kier alpha value is -1.59. The topological polar surface area (TPSA) is 70.6 Å². The second-order valence-corrected chi connectivity index (χ2v) is 7.09. The molecule has 0 heterocycles. The van der Waals surface area contributed by atoms with Gasteiger partial charge in [-0.2, -0.15) is 0 Å². The number of amides is 2. The number of carbonyl (C=O) groups is 1. The van der Waals surface area contributed by atoms with E-state index in [1.807, 2.05) is 24.3 Å². The molecule has 2 amide bonds. The Morgan fingerprint density at radius 2 is 2.04 bits per heavy atom. The largest absolute Gasteiger partial charge is 0.396 e. The number of carbonyl (C=O) groups excluding carboxylic acids is 1. The number of anilines is 1. The second-order valence-electron chi connectivity index (χ2n) is 7.09. The molecule has 0 saturated heterocycles. The summed E-state index contributed by atoms with van der Waals surface area (Å²) in [6, 6.07) is 7.65. The van der Waals surface area contributed by atoms with E-state index in [1.54, 1.807) is 0 Å². The first kappa shape index (κ1) is 17.2. The van der Waals surface area contributed by atoms with E-state index in [0.717, 1.165) is 49.5 Å². The summed E-state index contributed by atoms with van der Waals surface area (Å²) in [6.07, 6.45) is 6.74. The van der Waals surface area contributed by atoms with Crippen LogP contribution in [0.15, 0.2) is 24.3 Å². The highest BCUT2D eigenvalue weighted by Gasteiger charge is 2.25. The van der Waals surface area contributed by atoms with Crippen LogP contribution >= 0.6 is 0 Å². The molecule has 5 nitrogen and oxygen atoms in total. The van der Waals surface area contributed by atoms with E-state index in [-0.39, 0.29) is 24.6 Å². The van der Waals surface area contributed by atoms with Crippen LogP contribution in [-0.2, 0) is 11.3 Å². The van der Waals surface area contributed by atoms with Gasteiger partial charge in [0.25, 0.3) is 0 Å². The molecule has 0 bridgehead atoms. The Labute approximate surface area is 143 Å². The minimum atomic E-state index is -0.198. The van der Waals surface area contributed by atoms with Gasteiger partial charge < -0.3 is 20.5 Å². The predicted molar refractivity (Wildman–Crippen MR) is 93.8 cm³/mol. The molecule has 3 rings (SSSR count). The summed E-state index contributed by atoms with van der Waals surface area (Å²) in [4.78, 5) is 12.2. The fraction of sp³-hybridized carbons (Fsp3) is 0.632. The standard InChI is InChI=1S/C19H28N2O3/c22-11-16-5-1-2-7-18(16)21-19(23)20-17-6-3-4-15(10-17)13-24-12-14-8-9-14/h3-4,6,10,14,16,18,22H,1-2,5,7-9,11-13H2,(H2,20,21,23). The van der Waals surface area contributed by atoms with Gasteiger partial charge in [-0.05, 0) is 49.3 Å². The van der Waals surface area contributed by atoms with Crippen molar-refractivity contribution in [2.24, 2.45) is 11.8 Å². The molecule has 1 aromatic carbocycles. The lowest BCUT2D eigenvalue weighted by Crippen LogP contribution is -2.45. The van der Waals surface area contributed by atoms with E-state index in [0.29, 0.717) is 6.61 Å². The Morgan fingerprint density at radius 1 is 1.21 bits per heavy atom. The molecule has 2 saturated carbocycles. The van der Waals surface area contributed by atoms with Gasteiger partial charge >= 0.3 is 6.03 Å². The van der Waals surface area contributed by atoms with Crippen LogP contribution in [0.4, 0.5) is 10.5 Å². The fourth-order valence-electron chi connectivity index (χ4n) is 3.32. The Kier molecular flexibility index (Phi) is 6.10. The van der Waals surface area contributed by atoms with Gasteiger partial charge in [-0.25, -0.2) is 4.79 Å². The minimum Gasteiger partial charge on any atom is -0.396 e. The first-order chi connectivity index (χ1) is 11.7. The highest BCUT2D eigenvalue weighted by atomic mass is 16.5. The van der Waals surface area contributed by atoms with Crippen molar-refractivity contribution < 1.29 is 14.6 Å². The van der Waals surface area contributed by atoms with Crippen molar-refractivity contribution >= 4 is 11.7 Å². The molecular formula is C19H28N2O3. The van der Waals surface area contributed by atoms with Gasteiger partial charge in [0.2, 0.25) is 0 Å². The van der Waals surface area contributed by atoms with Crippen molar-refractivity contribution in [3.63, 3.8) is 0 Å². The van der Waals surface area contributed by atoms with Gasteiger partial charge in [-0.15, -0.1) is 0 Å². The summed E-state index contributed by atoms with van der Waals surface area (Å²) < 4.78 is 5.70. The zero-order valence-corrected chi connectivity index (χ0v) is 14.2. The van der Waals surface area contributed by atoms with Crippen molar-refractivity contribution in [2.45, 2.75) is 51.2 Å². The van der Waals surface area contributed by atoms with Gasteiger partial charge in [-0.3, -0.25) is 0 Å². The number of urea groups is 1. The number of aliphatic hydroxyl groups is 1. The number of hydrogen-bond donors (Lipinski definition) is 3. The molecule has 5 heteroatoms. The van der Waals surface area contributed by atoms with Crippen molar-refractivity contribution in [3.8, 4) is 0 Å². The summed E-state index contributed by atoms with van der Waals surface area (Å²) in [5.74, 6) is 0.929. The molecule has 0 spiro atoms. The number of aliphatic hydroxyl groups excluding tert-OH is 1. The van der Waals surface area contributed by atoms with Crippen LogP contribution in [0.3, 0.4) is 0 Å². The van der Waals surface area contributed by atoms with Crippen LogP contribution in [0, 0.1) is 11.8 Å². The third-order valence-electron chi connectivity index (χ3n) is 4.96. The summed E-state index contributed by atoms with van der Waals surface area (Å²) >= 11 is 0. The van der Waals surface area contributed by atoms with Gasteiger partial charge in [0.15, 0.2) is 0 Å². The molecule has 2 aliphatic rings. The minimum absolute atomic E-state index is 0.0637. The van der Waals surface area contributed by atoms with Crippen LogP contribution in [0.25, 0.3) is 0 Å². The maximum absolute atomic E-state index is 12.2. The van der Waals surface area contributed by atoms with E-state index in [1.165, 1.54) is 12.8 Å². The molecule has 2 fully saturated rings. The van der Waals surface area contributed by atoms with Crippen LogP contribution in [-0.4, -0.2) is 30.4 Å². The van der Waals surface area contributed by atoms with Crippen molar-refractivity contribution in [2.75, 3.05) is 18.5 Å². The zero-order valence-electron chi connectivity index (χ0n) is 14.2.